The van der Waals surface area contributed by atoms with Gasteiger partial charge < -0.3 is 4.74 Å². The number of anilines is 1. The summed E-state index contributed by atoms with van der Waals surface area (Å²) in [6.45, 7) is 3.49. The Bertz CT molecular complexity index is 922. The zero-order valence-electron chi connectivity index (χ0n) is 17.5. The van der Waals surface area contributed by atoms with Crippen LogP contribution < -0.4 is 4.90 Å². The zero-order valence-corrected chi connectivity index (χ0v) is 19.1. The van der Waals surface area contributed by atoms with Crippen molar-refractivity contribution in [3.8, 4) is 0 Å². The summed E-state index contributed by atoms with van der Waals surface area (Å²) in [5.41, 5.74) is 1.86. The molecule has 0 N–H and O–H groups in total. The van der Waals surface area contributed by atoms with Crippen LogP contribution in [0.1, 0.15) is 56.9 Å². The van der Waals surface area contributed by atoms with Gasteiger partial charge in [0.25, 0.3) is 0 Å². The van der Waals surface area contributed by atoms with E-state index < -0.39 is 0 Å². The van der Waals surface area contributed by atoms with Gasteiger partial charge in [0, 0.05) is 6.61 Å². The van der Waals surface area contributed by atoms with Crippen LogP contribution in [-0.2, 0) is 9.53 Å². The second-order valence-electron chi connectivity index (χ2n) is 10.3. The van der Waals surface area contributed by atoms with Gasteiger partial charge in [0.2, 0.25) is 5.91 Å². The first kappa shape index (κ1) is 19.5. The molecule has 1 aromatic heterocycles. The molecular weight excluding hydrogens is 416 g/mol. The molecular formula is C24H29ClN2O2S. The van der Waals surface area contributed by atoms with Crippen molar-refractivity contribution in [3.63, 3.8) is 0 Å². The van der Waals surface area contributed by atoms with Crippen LogP contribution in [0.3, 0.4) is 0 Å². The molecule has 1 unspecified atom stereocenters. The minimum atomic E-state index is -0.177. The highest BCUT2D eigenvalue weighted by Gasteiger charge is 2.56. The van der Waals surface area contributed by atoms with Gasteiger partial charge in [0.05, 0.1) is 33.3 Å². The summed E-state index contributed by atoms with van der Waals surface area (Å²) in [6.07, 6.45) is 9.46. The van der Waals surface area contributed by atoms with E-state index in [4.69, 9.17) is 21.3 Å². The normalized spacial score (nSPS) is 34.7. The molecule has 2 heterocycles. The Kier molecular flexibility index (Phi) is 4.67. The molecule has 4 bridgehead atoms. The lowest BCUT2D eigenvalue weighted by molar-refractivity contribution is -0.143. The van der Waals surface area contributed by atoms with Crippen LogP contribution in [0.5, 0.6) is 0 Å². The summed E-state index contributed by atoms with van der Waals surface area (Å²) < 4.78 is 6.94. The minimum Gasteiger partial charge on any atom is -0.376 e. The monoisotopic (exact) mass is 444 g/mol. The van der Waals surface area contributed by atoms with E-state index in [1.165, 1.54) is 19.3 Å². The van der Waals surface area contributed by atoms with Crippen molar-refractivity contribution in [2.24, 2.45) is 23.2 Å². The molecule has 30 heavy (non-hydrogen) atoms. The molecule has 160 valence electrons. The highest BCUT2D eigenvalue weighted by molar-refractivity contribution is 7.23. The summed E-state index contributed by atoms with van der Waals surface area (Å²) in [5.74, 6) is 2.55. The average molecular weight is 445 g/mol. The van der Waals surface area contributed by atoms with Crippen molar-refractivity contribution in [2.45, 2.75) is 64.4 Å². The SMILES string of the molecule is Cc1ccc(Cl)c2sc(N(CC3CCCO3)C(=O)C34CC5CC(CC(C5)C3)C4)nc12. The van der Waals surface area contributed by atoms with Crippen molar-refractivity contribution in [2.75, 3.05) is 18.1 Å². The van der Waals surface area contributed by atoms with E-state index in [2.05, 4.69) is 6.92 Å². The topological polar surface area (TPSA) is 42.4 Å². The Morgan fingerprint density at radius 3 is 2.53 bits per heavy atom. The van der Waals surface area contributed by atoms with Crippen molar-refractivity contribution >= 4 is 44.2 Å². The minimum absolute atomic E-state index is 0.117. The molecule has 1 atom stereocenters. The number of thiazole rings is 1. The Labute approximate surface area is 186 Å². The number of rotatable bonds is 4. The van der Waals surface area contributed by atoms with Crippen LogP contribution in [0, 0.1) is 30.1 Å². The first-order chi connectivity index (χ1) is 14.5. The second-order valence-corrected chi connectivity index (χ2v) is 11.7. The number of halogens is 1. The van der Waals surface area contributed by atoms with Gasteiger partial charge in [-0.25, -0.2) is 4.98 Å². The number of benzene rings is 1. The third-order valence-corrected chi connectivity index (χ3v) is 9.60. The first-order valence-electron chi connectivity index (χ1n) is 11.5. The van der Waals surface area contributed by atoms with Crippen LogP contribution in [0.4, 0.5) is 5.13 Å². The molecule has 1 amide bonds. The molecule has 5 fully saturated rings. The Balaban J connectivity index is 1.40. The van der Waals surface area contributed by atoms with E-state index in [0.29, 0.717) is 12.5 Å². The highest BCUT2D eigenvalue weighted by atomic mass is 35.5. The lowest BCUT2D eigenvalue weighted by Crippen LogP contribution is -2.55. The molecule has 0 radical (unpaired) electrons. The Hall–Kier alpha value is -1.17. The number of aromatic nitrogens is 1. The van der Waals surface area contributed by atoms with Crippen molar-refractivity contribution in [1.82, 2.24) is 4.98 Å². The fraction of sp³-hybridized carbons (Fsp3) is 0.667. The smallest absolute Gasteiger partial charge is 0.235 e. The fourth-order valence-corrected chi connectivity index (χ4v) is 8.43. The highest BCUT2D eigenvalue weighted by Crippen LogP contribution is 2.61. The molecule has 4 nitrogen and oxygen atoms in total. The van der Waals surface area contributed by atoms with E-state index in [1.54, 1.807) is 11.3 Å². The molecule has 1 aliphatic heterocycles. The fourth-order valence-electron chi connectivity index (χ4n) is 7.10. The van der Waals surface area contributed by atoms with Gasteiger partial charge in [0.15, 0.2) is 5.13 Å². The number of hydrogen-bond donors (Lipinski definition) is 0. The maximum atomic E-state index is 14.2. The summed E-state index contributed by atoms with van der Waals surface area (Å²) in [5, 5.41) is 1.52. The molecule has 1 saturated heterocycles. The summed E-state index contributed by atoms with van der Waals surface area (Å²) >= 11 is 8.06. The lowest BCUT2D eigenvalue weighted by atomic mass is 9.49. The van der Waals surface area contributed by atoms with Gasteiger partial charge in [-0.05, 0) is 87.7 Å². The van der Waals surface area contributed by atoms with E-state index >= 15 is 0 Å². The number of carbonyl (C=O) groups excluding carboxylic acids is 1. The summed E-state index contributed by atoms with van der Waals surface area (Å²) in [6, 6.07) is 3.95. The predicted octanol–water partition coefficient (Wildman–Crippen LogP) is 5.99. The summed E-state index contributed by atoms with van der Waals surface area (Å²) in [4.78, 5) is 21.2. The second kappa shape index (κ2) is 7.18. The van der Waals surface area contributed by atoms with Crippen LogP contribution in [0.15, 0.2) is 12.1 Å². The molecule has 6 heteroatoms. The van der Waals surface area contributed by atoms with Gasteiger partial charge in [-0.1, -0.05) is 29.0 Å². The van der Waals surface area contributed by atoms with E-state index in [0.717, 1.165) is 82.4 Å². The van der Waals surface area contributed by atoms with Crippen LogP contribution >= 0.6 is 22.9 Å². The van der Waals surface area contributed by atoms with Gasteiger partial charge >= 0.3 is 0 Å². The van der Waals surface area contributed by atoms with Crippen LogP contribution in [-0.4, -0.2) is 30.1 Å². The third-order valence-electron chi connectivity index (χ3n) is 8.06. The van der Waals surface area contributed by atoms with E-state index in [1.807, 2.05) is 17.0 Å². The standard InChI is InChI=1S/C24H29ClN2O2S/c1-14-4-5-19(25)21-20(14)26-23(30-21)27(13-18-3-2-6-29-18)22(28)24-10-15-7-16(11-24)9-17(8-15)12-24/h4-5,15-18H,2-3,6-13H2,1H3. The molecule has 2 aromatic rings. The largest absolute Gasteiger partial charge is 0.376 e. The molecule has 5 aliphatic rings. The number of aryl methyl sites for hydroxylation is 1. The number of amides is 1. The molecule has 4 saturated carbocycles. The quantitative estimate of drug-likeness (QED) is 0.581. The number of ether oxygens (including phenoxy) is 1. The molecule has 7 rings (SSSR count). The van der Waals surface area contributed by atoms with E-state index in [-0.39, 0.29) is 11.5 Å². The van der Waals surface area contributed by atoms with Crippen molar-refractivity contribution < 1.29 is 9.53 Å². The third kappa shape index (κ3) is 3.11. The van der Waals surface area contributed by atoms with Gasteiger partial charge in [-0.2, -0.15) is 0 Å². The maximum absolute atomic E-state index is 14.2. The van der Waals surface area contributed by atoms with Gasteiger partial charge in [-0.15, -0.1) is 0 Å². The molecule has 1 aromatic carbocycles. The number of fused-ring (bicyclic) bond motifs is 1. The van der Waals surface area contributed by atoms with Crippen molar-refractivity contribution in [1.29, 1.82) is 0 Å². The zero-order chi connectivity index (χ0) is 20.5. The first-order valence-corrected chi connectivity index (χ1v) is 12.7. The van der Waals surface area contributed by atoms with Gasteiger partial charge in [0.1, 0.15) is 0 Å². The average Bonchev–Trinajstić information content (AvgIpc) is 3.38. The van der Waals surface area contributed by atoms with Crippen LogP contribution in [0.2, 0.25) is 5.02 Å². The Morgan fingerprint density at radius 1 is 1.23 bits per heavy atom. The van der Waals surface area contributed by atoms with E-state index in [9.17, 15) is 4.79 Å². The predicted molar refractivity (Wildman–Crippen MR) is 121 cm³/mol. The van der Waals surface area contributed by atoms with Gasteiger partial charge in [-0.3, -0.25) is 9.69 Å². The summed E-state index contributed by atoms with van der Waals surface area (Å²) in [7, 11) is 0. The number of hydrogen-bond acceptors (Lipinski definition) is 4. The molecule has 0 spiro atoms. The number of nitrogens with zero attached hydrogens (tertiary/aromatic N) is 2. The maximum Gasteiger partial charge on any atom is 0.235 e. The Morgan fingerprint density at radius 2 is 1.93 bits per heavy atom. The van der Waals surface area contributed by atoms with Crippen molar-refractivity contribution in [3.05, 3.63) is 22.7 Å². The van der Waals surface area contributed by atoms with Crippen LogP contribution in [0.25, 0.3) is 10.2 Å². The lowest BCUT2D eigenvalue weighted by Gasteiger charge is -2.56. The molecule has 4 aliphatic carbocycles. The number of carbonyl (C=O) groups is 1.